The van der Waals surface area contributed by atoms with Crippen molar-refractivity contribution in [2.75, 3.05) is 19.9 Å². The summed E-state index contributed by atoms with van der Waals surface area (Å²) in [5.41, 5.74) is 0. The van der Waals surface area contributed by atoms with Gasteiger partial charge in [-0.25, -0.2) is 0 Å². The summed E-state index contributed by atoms with van der Waals surface area (Å²) in [4.78, 5) is 0. The molecule has 0 saturated carbocycles. The van der Waals surface area contributed by atoms with E-state index < -0.39 is 0 Å². The summed E-state index contributed by atoms with van der Waals surface area (Å²) in [6, 6.07) is 0. The van der Waals surface area contributed by atoms with Gasteiger partial charge in [-0.3, -0.25) is 4.39 Å². The maximum Gasteiger partial charge on any atom is 0.0916 e. The molecule has 0 spiro atoms. The standard InChI is InChI=1S/C8H17FO/c1-2-3-4-7-10-8-5-6-9/h2-8H2,1H3. The van der Waals surface area contributed by atoms with Gasteiger partial charge in [0, 0.05) is 13.2 Å². The van der Waals surface area contributed by atoms with E-state index in [0.717, 1.165) is 13.0 Å². The highest BCUT2D eigenvalue weighted by molar-refractivity contribution is 4.37. The molecule has 0 atom stereocenters. The van der Waals surface area contributed by atoms with E-state index in [0.29, 0.717) is 13.0 Å². The fraction of sp³-hybridized carbons (Fsp3) is 1.00. The second kappa shape index (κ2) is 8.89. The third-order valence-corrected chi connectivity index (χ3v) is 1.31. The Morgan fingerprint density at radius 1 is 1.10 bits per heavy atom. The normalized spacial score (nSPS) is 10.2. The fourth-order valence-electron chi connectivity index (χ4n) is 0.713. The monoisotopic (exact) mass is 148 g/mol. The number of alkyl halides is 1. The van der Waals surface area contributed by atoms with Crippen LogP contribution in [0, 0.1) is 0 Å². The average Bonchev–Trinajstić information content (AvgIpc) is 1.97. The van der Waals surface area contributed by atoms with Gasteiger partial charge in [0.2, 0.25) is 0 Å². The van der Waals surface area contributed by atoms with Crippen molar-refractivity contribution >= 4 is 0 Å². The number of halogens is 1. The fourth-order valence-corrected chi connectivity index (χ4v) is 0.713. The van der Waals surface area contributed by atoms with Crippen LogP contribution >= 0.6 is 0 Å². The van der Waals surface area contributed by atoms with Crippen molar-refractivity contribution in [3.8, 4) is 0 Å². The highest BCUT2D eigenvalue weighted by Crippen LogP contribution is 1.94. The number of rotatable bonds is 7. The van der Waals surface area contributed by atoms with Gasteiger partial charge in [0.15, 0.2) is 0 Å². The molecule has 0 aliphatic heterocycles. The van der Waals surface area contributed by atoms with Crippen LogP contribution in [0.25, 0.3) is 0 Å². The number of hydrogen-bond donors (Lipinski definition) is 0. The number of unbranched alkanes of at least 4 members (excludes halogenated alkanes) is 2. The van der Waals surface area contributed by atoms with E-state index in [4.69, 9.17) is 4.74 Å². The molecule has 0 aromatic rings. The van der Waals surface area contributed by atoms with Gasteiger partial charge in [-0.15, -0.1) is 0 Å². The molecule has 0 aromatic heterocycles. The molecule has 0 amide bonds. The maximum atomic E-state index is 11.5. The lowest BCUT2D eigenvalue weighted by atomic mass is 10.3. The van der Waals surface area contributed by atoms with Crippen molar-refractivity contribution in [1.29, 1.82) is 0 Å². The van der Waals surface area contributed by atoms with Gasteiger partial charge >= 0.3 is 0 Å². The van der Waals surface area contributed by atoms with E-state index in [9.17, 15) is 4.39 Å². The molecule has 0 unspecified atom stereocenters. The van der Waals surface area contributed by atoms with E-state index in [1.807, 2.05) is 0 Å². The van der Waals surface area contributed by atoms with E-state index in [1.165, 1.54) is 12.8 Å². The minimum Gasteiger partial charge on any atom is -0.381 e. The highest BCUT2D eigenvalue weighted by atomic mass is 19.1. The Morgan fingerprint density at radius 2 is 1.80 bits per heavy atom. The highest BCUT2D eigenvalue weighted by Gasteiger charge is 1.87. The largest absolute Gasteiger partial charge is 0.381 e. The Labute approximate surface area is 62.6 Å². The van der Waals surface area contributed by atoms with Gasteiger partial charge in [0.05, 0.1) is 6.67 Å². The summed E-state index contributed by atoms with van der Waals surface area (Å²) in [6.45, 7) is 3.28. The molecule has 1 nitrogen and oxygen atoms in total. The third kappa shape index (κ3) is 7.89. The molecule has 0 fully saturated rings. The average molecular weight is 148 g/mol. The minimum atomic E-state index is -0.256. The van der Waals surface area contributed by atoms with Crippen molar-refractivity contribution < 1.29 is 9.13 Å². The van der Waals surface area contributed by atoms with Crippen molar-refractivity contribution in [3.63, 3.8) is 0 Å². The lowest BCUT2D eigenvalue weighted by molar-refractivity contribution is 0.123. The minimum absolute atomic E-state index is 0.256. The Kier molecular flexibility index (Phi) is 8.79. The molecule has 0 aliphatic rings. The second-order valence-electron chi connectivity index (χ2n) is 2.36. The van der Waals surface area contributed by atoms with E-state index in [-0.39, 0.29) is 6.67 Å². The Hall–Kier alpha value is -0.110. The van der Waals surface area contributed by atoms with Crippen LogP contribution in [0.2, 0.25) is 0 Å². The smallest absolute Gasteiger partial charge is 0.0916 e. The van der Waals surface area contributed by atoms with Crippen LogP contribution in [0.5, 0.6) is 0 Å². The zero-order valence-corrected chi connectivity index (χ0v) is 6.74. The van der Waals surface area contributed by atoms with E-state index in [1.54, 1.807) is 0 Å². The van der Waals surface area contributed by atoms with Gasteiger partial charge in [-0.2, -0.15) is 0 Å². The number of hydrogen-bond acceptors (Lipinski definition) is 1. The van der Waals surface area contributed by atoms with Gasteiger partial charge in [-0.05, 0) is 12.8 Å². The molecule has 0 aliphatic carbocycles. The first kappa shape index (κ1) is 9.89. The molecular formula is C8H17FO. The van der Waals surface area contributed by atoms with Crippen LogP contribution in [-0.4, -0.2) is 19.9 Å². The first-order valence-corrected chi connectivity index (χ1v) is 4.05. The van der Waals surface area contributed by atoms with Gasteiger partial charge < -0.3 is 4.74 Å². The number of ether oxygens (including phenoxy) is 1. The molecule has 0 heterocycles. The second-order valence-corrected chi connectivity index (χ2v) is 2.36. The molecular weight excluding hydrogens is 131 g/mol. The summed E-state index contributed by atoms with van der Waals surface area (Å²) in [5, 5.41) is 0. The Morgan fingerprint density at radius 3 is 2.40 bits per heavy atom. The van der Waals surface area contributed by atoms with Crippen molar-refractivity contribution in [3.05, 3.63) is 0 Å². The van der Waals surface area contributed by atoms with Crippen LogP contribution in [0.3, 0.4) is 0 Å². The SMILES string of the molecule is CCCCCOCCCF. The zero-order valence-electron chi connectivity index (χ0n) is 6.74. The van der Waals surface area contributed by atoms with Crippen LogP contribution in [0.1, 0.15) is 32.6 Å². The Balaban J connectivity index is 2.65. The quantitative estimate of drug-likeness (QED) is 0.504. The molecule has 0 aromatic carbocycles. The summed E-state index contributed by atoms with van der Waals surface area (Å²) >= 11 is 0. The molecule has 0 bridgehead atoms. The van der Waals surface area contributed by atoms with Crippen LogP contribution in [0.4, 0.5) is 4.39 Å². The first-order chi connectivity index (χ1) is 4.91. The predicted octanol–water partition coefficient (Wildman–Crippen LogP) is 2.55. The van der Waals surface area contributed by atoms with Crippen molar-refractivity contribution in [1.82, 2.24) is 0 Å². The predicted molar refractivity (Wildman–Crippen MR) is 40.9 cm³/mol. The van der Waals surface area contributed by atoms with E-state index >= 15 is 0 Å². The zero-order chi connectivity index (χ0) is 7.66. The van der Waals surface area contributed by atoms with Gasteiger partial charge in [0.1, 0.15) is 0 Å². The molecule has 2 heteroatoms. The van der Waals surface area contributed by atoms with Crippen molar-refractivity contribution in [2.24, 2.45) is 0 Å². The lowest BCUT2D eigenvalue weighted by Gasteiger charge is -2.00. The first-order valence-electron chi connectivity index (χ1n) is 4.05. The van der Waals surface area contributed by atoms with E-state index in [2.05, 4.69) is 6.92 Å². The van der Waals surface area contributed by atoms with Crippen LogP contribution in [-0.2, 0) is 4.74 Å². The molecule has 10 heavy (non-hydrogen) atoms. The van der Waals surface area contributed by atoms with Gasteiger partial charge in [-0.1, -0.05) is 19.8 Å². The topological polar surface area (TPSA) is 9.23 Å². The van der Waals surface area contributed by atoms with Crippen LogP contribution in [0.15, 0.2) is 0 Å². The molecule has 0 rings (SSSR count). The molecule has 0 N–H and O–H groups in total. The summed E-state index contributed by atoms with van der Waals surface area (Å²) in [5.74, 6) is 0. The third-order valence-electron chi connectivity index (χ3n) is 1.31. The molecule has 0 radical (unpaired) electrons. The Bertz CT molecular complexity index is 49.2. The maximum absolute atomic E-state index is 11.5. The van der Waals surface area contributed by atoms with Crippen LogP contribution < -0.4 is 0 Å². The van der Waals surface area contributed by atoms with Gasteiger partial charge in [0.25, 0.3) is 0 Å². The summed E-state index contributed by atoms with van der Waals surface area (Å²) < 4.78 is 16.6. The molecule has 62 valence electrons. The lowest BCUT2D eigenvalue weighted by Crippen LogP contribution is -1.97. The molecule has 0 saturated heterocycles. The van der Waals surface area contributed by atoms with Crippen molar-refractivity contribution in [2.45, 2.75) is 32.6 Å². The summed E-state index contributed by atoms with van der Waals surface area (Å²) in [6.07, 6.45) is 4.09. The summed E-state index contributed by atoms with van der Waals surface area (Å²) in [7, 11) is 0.